The van der Waals surface area contributed by atoms with Crippen molar-refractivity contribution in [3.8, 4) is 0 Å². The molecule has 0 aliphatic heterocycles. The number of carbonyl (C=O) groups is 2. The molecule has 2 amide bonds. The monoisotopic (exact) mass is 291 g/mol. The molecule has 0 aliphatic rings. The maximum atomic E-state index is 12.7. The Labute approximate surface area is 113 Å². The Hall–Kier alpha value is -1.54. The topological polar surface area (TPSA) is 84.2 Å². The molecule has 0 unspecified atom stereocenters. The highest BCUT2D eigenvalue weighted by molar-refractivity contribution is 7.08. The molecular weight excluding hydrogens is 276 g/mol. The lowest BCUT2D eigenvalue weighted by Crippen LogP contribution is -2.42. The molecule has 8 heteroatoms. The van der Waals surface area contributed by atoms with Gasteiger partial charge < -0.3 is 16.4 Å². The Morgan fingerprint density at radius 3 is 2.68 bits per heavy atom. The number of nitrogens with one attached hydrogen (secondary N) is 2. The third-order valence-electron chi connectivity index (χ3n) is 2.26. The summed E-state index contributed by atoms with van der Waals surface area (Å²) in [7, 11) is 0. The van der Waals surface area contributed by atoms with E-state index < -0.39 is 24.9 Å². The summed E-state index contributed by atoms with van der Waals surface area (Å²) in [5, 5.41) is 8.02. The van der Waals surface area contributed by atoms with Gasteiger partial charge in [-0.25, -0.2) is 8.78 Å². The summed E-state index contributed by atoms with van der Waals surface area (Å²) >= 11 is 1.39. The zero-order valence-corrected chi connectivity index (χ0v) is 10.9. The van der Waals surface area contributed by atoms with E-state index in [0.29, 0.717) is 5.56 Å². The van der Waals surface area contributed by atoms with Crippen LogP contribution in [0.15, 0.2) is 16.8 Å². The molecule has 0 saturated carbocycles. The van der Waals surface area contributed by atoms with Crippen LogP contribution in [-0.4, -0.2) is 37.4 Å². The van der Waals surface area contributed by atoms with E-state index in [2.05, 4.69) is 10.6 Å². The van der Waals surface area contributed by atoms with Crippen LogP contribution in [-0.2, 0) is 4.79 Å². The van der Waals surface area contributed by atoms with Crippen LogP contribution in [0.3, 0.4) is 0 Å². The van der Waals surface area contributed by atoms with Crippen LogP contribution < -0.4 is 16.4 Å². The number of thiophene rings is 1. The molecule has 1 aromatic rings. The number of hydrogen-bond acceptors (Lipinski definition) is 4. The molecule has 0 radical (unpaired) electrons. The zero-order chi connectivity index (χ0) is 14.3. The quantitative estimate of drug-likeness (QED) is 0.687. The van der Waals surface area contributed by atoms with Crippen molar-refractivity contribution in [3.63, 3.8) is 0 Å². The predicted octanol–water partition coefficient (Wildman–Crippen LogP) is 0.578. The van der Waals surface area contributed by atoms with Crippen molar-refractivity contribution in [1.29, 1.82) is 0 Å². The van der Waals surface area contributed by atoms with Gasteiger partial charge in [0.1, 0.15) is 0 Å². The molecule has 0 saturated heterocycles. The van der Waals surface area contributed by atoms with E-state index in [1.54, 1.807) is 16.8 Å². The van der Waals surface area contributed by atoms with E-state index in [1.165, 1.54) is 11.3 Å². The summed E-state index contributed by atoms with van der Waals surface area (Å²) in [6.45, 7) is -1.52. The molecular formula is C11H15F2N3O2S. The minimum absolute atomic E-state index is 0.0590. The Kier molecular flexibility index (Phi) is 5.84. The Balaban J connectivity index is 2.19. The Morgan fingerprint density at radius 2 is 2.11 bits per heavy atom. The number of rotatable bonds is 7. The number of amides is 2. The minimum Gasteiger partial charge on any atom is -0.351 e. The molecule has 0 spiro atoms. The number of nitrogens with two attached hydrogens (primary N) is 1. The molecule has 4 N–H and O–H groups in total. The van der Waals surface area contributed by atoms with Gasteiger partial charge in [-0.15, -0.1) is 0 Å². The second-order valence-electron chi connectivity index (χ2n) is 3.85. The highest BCUT2D eigenvalue weighted by Crippen LogP contribution is 2.08. The van der Waals surface area contributed by atoms with Crippen LogP contribution in [0.4, 0.5) is 8.78 Å². The maximum Gasteiger partial charge on any atom is 0.277 e. The zero-order valence-electron chi connectivity index (χ0n) is 10.1. The molecule has 19 heavy (non-hydrogen) atoms. The predicted molar refractivity (Wildman–Crippen MR) is 68.3 cm³/mol. The van der Waals surface area contributed by atoms with Crippen LogP contribution in [0.2, 0.25) is 0 Å². The van der Waals surface area contributed by atoms with E-state index in [1.807, 2.05) is 0 Å². The smallest absolute Gasteiger partial charge is 0.277 e. The lowest BCUT2D eigenvalue weighted by molar-refractivity contribution is -0.122. The van der Waals surface area contributed by atoms with Gasteiger partial charge in [-0.05, 0) is 11.4 Å². The maximum absolute atomic E-state index is 12.7. The first-order valence-corrected chi connectivity index (χ1v) is 6.54. The van der Waals surface area contributed by atoms with E-state index in [-0.39, 0.29) is 18.9 Å². The van der Waals surface area contributed by atoms with Crippen molar-refractivity contribution < 1.29 is 18.4 Å². The molecule has 5 nitrogen and oxygen atoms in total. The summed E-state index contributed by atoms with van der Waals surface area (Å²) in [6.07, 6.45) is -0.0590. The molecule has 0 aromatic carbocycles. The summed E-state index contributed by atoms with van der Waals surface area (Å²) in [5.41, 5.74) is 5.34. The van der Waals surface area contributed by atoms with Gasteiger partial charge in [-0.2, -0.15) is 11.3 Å². The lowest BCUT2D eigenvalue weighted by atomic mass is 10.3. The first-order chi connectivity index (χ1) is 8.94. The van der Waals surface area contributed by atoms with Crippen molar-refractivity contribution in [2.45, 2.75) is 12.3 Å². The second-order valence-corrected chi connectivity index (χ2v) is 4.63. The fraction of sp³-hybridized carbons (Fsp3) is 0.455. The first-order valence-electron chi connectivity index (χ1n) is 5.59. The molecule has 1 aromatic heterocycles. The van der Waals surface area contributed by atoms with E-state index in [9.17, 15) is 18.4 Å². The Morgan fingerprint density at radius 1 is 1.37 bits per heavy atom. The van der Waals surface area contributed by atoms with Crippen LogP contribution in [0.1, 0.15) is 16.8 Å². The first kappa shape index (κ1) is 15.5. The second kappa shape index (κ2) is 7.15. The summed E-state index contributed by atoms with van der Waals surface area (Å²) < 4.78 is 25.5. The average molecular weight is 291 g/mol. The molecule has 0 aliphatic carbocycles. The third-order valence-corrected chi connectivity index (χ3v) is 2.95. The van der Waals surface area contributed by atoms with Crippen molar-refractivity contribution >= 4 is 23.2 Å². The van der Waals surface area contributed by atoms with Gasteiger partial charge in [-0.1, -0.05) is 0 Å². The standard InChI is InChI=1S/C11H15F2N3O2S/c12-11(13,6-14)7-16-9(17)1-3-15-10(18)8-2-4-19-5-8/h2,4-5H,1,3,6-7,14H2,(H,15,18)(H,16,17). The van der Waals surface area contributed by atoms with Crippen LogP contribution in [0, 0.1) is 0 Å². The number of alkyl halides is 2. The van der Waals surface area contributed by atoms with Crippen LogP contribution in [0.5, 0.6) is 0 Å². The summed E-state index contributed by atoms with van der Waals surface area (Å²) in [4.78, 5) is 22.7. The SMILES string of the molecule is NCC(F)(F)CNC(=O)CCNC(=O)c1ccsc1. The highest BCUT2D eigenvalue weighted by atomic mass is 32.1. The van der Waals surface area contributed by atoms with Gasteiger partial charge in [0.2, 0.25) is 5.91 Å². The van der Waals surface area contributed by atoms with Crippen LogP contribution in [0.25, 0.3) is 0 Å². The summed E-state index contributed by atoms with van der Waals surface area (Å²) in [5.74, 6) is -3.95. The van der Waals surface area contributed by atoms with Gasteiger partial charge in [0, 0.05) is 23.9 Å². The van der Waals surface area contributed by atoms with Crippen molar-refractivity contribution in [2.75, 3.05) is 19.6 Å². The fourth-order valence-electron chi connectivity index (χ4n) is 1.17. The largest absolute Gasteiger partial charge is 0.351 e. The molecule has 0 fully saturated rings. The van der Waals surface area contributed by atoms with Crippen molar-refractivity contribution in [3.05, 3.63) is 22.4 Å². The van der Waals surface area contributed by atoms with Crippen molar-refractivity contribution in [2.24, 2.45) is 5.73 Å². The van der Waals surface area contributed by atoms with Gasteiger partial charge in [0.05, 0.1) is 13.1 Å². The molecule has 1 heterocycles. The van der Waals surface area contributed by atoms with Gasteiger partial charge >= 0.3 is 0 Å². The minimum atomic E-state index is -3.10. The van der Waals surface area contributed by atoms with Crippen LogP contribution >= 0.6 is 11.3 Å². The Bertz CT molecular complexity index is 424. The fourth-order valence-corrected chi connectivity index (χ4v) is 1.81. The van der Waals surface area contributed by atoms with Crippen molar-refractivity contribution in [1.82, 2.24) is 10.6 Å². The number of halogens is 2. The normalized spacial score (nSPS) is 11.1. The van der Waals surface area contributed by atoms with E-state index in [4.69, 9.17) is 5.73 Å². The highest BCUT2D eigenvalue weighted by Gasteiger charge is 2.26. The molecule has 106 valence electrons. The molecule has 1 rings (SSSR count). The number of carbonyl (C=O) groups excluding carboxylic acids is 2. The van der Waals surface area contributed by atoms with E-state index in [0.717, 1.165) is 0 Å². The average Bonchev–Trinajstić information content (AvgIpc) is 2.90. The summed E-state index contributed by atoms with van der Waals surface area (Å²) in [6, 6.07) is 1.65. The third kappa shape index (κ3) is 5.75. The molecule has 0 atom stereocenters. The lowest BCUT2D eigenvalue weighted by Gasteiger charge is -2.14. The number of hydrogen-bond donors (Lipinski definition) is 3. The van der Waals surface area contributed by atoms with E-state index >= 15 is 0 Å². The van der Waals surface area contributed by atoms with Gasteiger partial charge in [0.15, 0.2) is 0 Å². The molecule has 0 bridgehead atoms. The van der Waals surface area contributed by atoms with Gasteiger partial charge in [0.25, 0.3) is 11.8 Å². The van der Waals surface area contributed by atoms with Gasteiger partial charge in [-0.3, -0.25) is 9.59 Å².